The smallest absolute Gasteiger partial charge is 0.221 e. The summed E-state index contributed by atoms with van der Waals surface area (Å²) in [4.78, 5) is 11.9. The molecule has 6 heteroatoms. The number of rotatable bonds is 6. The van der Waals surface area contributed by atoms with Crippen LogP contribution in [0.3, 0.4) is 0 Å². The highest BCUT2D eigenvalue weighted by molar-refractivity contribution is 7.92. The number of carbonyl (C=O) groups is 1. The lowest BCUT2D eigenvalue weighted by Gasteiger charge is -2.13. The molecule has 1 aliphatic carbocycles. The molecule has 1 aliphatic heterocycles. The molecule has 1 aromatic carbocycles. The molecule has 0 saturated heterocycles. The van der Waals surface area contributed by atoms with E-state index in [0.717, 1.165) is 43.4 Å². The molecule has 1 heterocycles. The van der Waals surface area contributed by atoms with Crippen molar-refractivity contribution < 1.29 is 17.9 Å². The largest absolute Gasteiger partial charge is 0.488 e. The first-order chi connectivity index (χ1) is 11.0. The fraction of sp³-hybridized carbons (Fsp3) is 0.588. The van der Waals surface area contributed by atoms with Crippen LogP contribution in [0.5, 0.6) is 5.75 Å². The van der Waals surface area contributed by atoms with Crippen LogP contribution in [-0.2, 0) is 21.1 Å². The van der Waals surface area contributed by atoms with Gasteiger partial charge in [-0.05, 0) is 24.5 Å². The Labute approximate surface area is 137 Å². The summed E-state index contributed by atoms with van der Waals surface area (Å²) < 4.78 is 30.0. The second-order valence-corrected chi connectivity index (χ2v) is 8.78. The maximum atomic E-state index is 12.1. The molecule has 0 aromatic heterocycles. The second-order valence-electron chi connectivity index (χ2n) is 6.38. The number of para-hydroxylation sites is 1. The number of hydrogen-bond donors (Lipinski definition) is 1. The molecule has 126 valence electrons. The van der Waals surface area contributed by atoms with E-state index in [2.05, 4.69) is 5.32 Å². The SMILES string of the molecule is O=C(CCS(=O)(=O)C1CCCC1)NC[C@H]1Cc2ccccc2O1. The minimum atomic E-state index is -3.13. The van der Waals surface area contributed by atoms with Gasteiger partial charge in [0.2, 0.25) is 5.91 Å². The van der Waals surface area contributed by atoms with Gasteiger partial charge in [-0.3, -0.25) is 4.79 Å². The van der Waals surface area contributed by atoms with Crippen molar-refractivity contribution in [2.75, 3.05) is 12.3 Å². The van der Waals surface area contributed by atoms with E-state index < -0.39 is 9.84 Å². The van der Waals surface area contributed by atoms with Crippen molar-refractivity contribution in [1.82, 2.24) is 5.32 Å². The van der Waals surface area contributed by atoms with Gasteiger partial charge in [0.15, 0.2) is 9.84 Å². The zero-order valence-corrected chi connectivity index (χ0v) is 14.0. The lowest BCUT2D eigenvalue weighted by molar-refractivity contribution is -0.121. The van der Waals surface area contributed by atoms with Crippen molar-refractivity contribution in [2.45, 2.75) is 49.9 Å². The van der Waals surface area contributed by atoms with E-state index >= 15 is 0 Å². The molecule has 0 unspecified atom stereocenters. The van der Waals surface area contributed by atoms with E-state index in [-0.39, 0.29) is 29.4 Å². The molecule has 1 amide bonds. The van der Waals surface area contributed by atoms with E-state index in [9.17, 15) is 13.2 Å². The maximum Gasteiger partial charge on any atom is 0.221 e. The Bertz CT molecular complexity index is 640. The fourth-order valence-electron chi connectivity index (χ4n) is 3.33. The maximum absolute atomic E-state index is 12.1. The van der Waals surface area contributed by atoms with Gasteiger partial charge in [0.1, 0.15) is 11.9 Å². The summed E-state index contributed by atoms with van der Waals surface area (Å²) >= 11 is 0. The van der Waals surface area contributed by atoms with Gasteiger partial charge < -0.3 is 10.1 Å². The Balaban J connectivity index is 1.41. The predicted octanol–water partition coefficient (Wildman–Crippen LogP) is 1.85. The Hall–Kier alpha value is -1.56. The molecule has 23 heavy (non-hydrogen) atoms. The summed E-state index contributed by atoms with van der Waals surface area (Å²) in [5.74, 6) is 0.608. The minimum Gasteiger partial charge on any atom is -0.488 e. The third kappa shape index (κ3) is 4.05. The van der Waals surface area contributed by atoms with E-state index in [1.807, 2.05) is 24.3 Å². The van der Waals surface area contributed by atoms with Crippen LogP contribution in [0.1, 0.15) is 37.7 Å². The van der Waals surface area contributed by atoms with Gasteiger partial charge in [0, 0.05) is 12.8 Å². The average molecular weight is 337 g/mol. The Morgan fingerprint density at radius 3 is 2.70 bits per heavy atom. The Morgan fingerprint density at radius 1 is 1.22 bits per heavy atom. The first kappa shape index (κ1) is 16.3. The van der Waals surface area contributed by atoms with Gasteiger partial charge in [-0.25, -0.2) is 8.42 Å². The van der Waals surface area contributed by atoms with Crippen molar-refractivity contribution in [3.8, 4) is 5.75 Å². The number of sulfone groups is 1. The van der Waals surface area contributed by atoms with Crippen LogP contribution in [0, 0.1) is 0 Å². The topological polar surface area (TPSA) is 72.5 Å². The number of ether oxygens (including phenoxy) is 1. The highest BCUT2D eigenvalue weighted by Crippen LogP contribution is 2.28. The number of carbonyl (C=O) groups excluding carboxylic acids is 1. The molecule has 1 fully saturated rings. The van der Waals surface area contributed by atoms with E-state index in [4.69, 9.17) is 4.74 Å². The van der Waals surface area contributed by atoms with Gasteiger partial charge in [0.05, 0.1) is 17.5 Å². The minimum absolute atomic E-state index is 0.0402. The van der Waals surface area contributed by atoms with Crippen LogP contribution in [0.25, 0.3) is 0 Å². The van der Waals surface area contributed by atoms with Crippen molar-refractivity contribution in [3.05, 3.63) is 29.8 Å². The zero-order chi connectivity index (χ0) is 16.3. The fourth-order valence-corrected chi connectivity index (χ4v) is 5.19. The molecule has 1 saturated carbocycles. The Kier molecular flexibility index (Phi) is 4.90. The molecule has 2 aliphatic rings. The van der Waals surface area contributed by atoms with E-state index in [0.29, 0.717) is 6.54 Å². The number of nitrogens with one attached hydrogen (secondary N) is 1. The Morgan fingerprint density at radius 2 is 1.96 bits per heavy atom. The van der Waals surface area contributed by atoms with Gasteiger partial charge >= 0.3 is 0 Å². The predicted molar refractivity (Wildman–Crippen MR) is 88.2 cm³/mol. The zero-order valence-electron chi connectivity index (χ0n) is 13.2. The third-order valence-electron chi connectivity index (χ3n) is 4.66. The van der Waals surface area contributed by atoms with Crippen LogP contribution in [0.15, 0.2) is 24.3 Å². The molecular formula is C17H23NO4S. The van der Waals surface area contributed by atoms with Gasteiger partial charge in [-0.15, -0.1) is 0 Å². The van der Waals surface area contributed by atoms with Crippen molar-refractivity contribution in [1.29, 1.82) is 0 Å². The molecule has 0 radical (unpaired) electrons. The molecule has 0 bridgehead atoms. The molecule has 0 spiro atoms. The third-order valence-corrected chi connectivity index (χ3v) is 6.92. The summed E-state index contributed by atoms with van der Waals surface area (Å²) in [6.45, 7) is 0.414. The molecule has 5 nitrogen and oxygen atoms in total. The number of benzene rings is 1. The second kappa shape index (κ2) is 6.91. The molecule has 3 rings (SSSR count). The van der Waals surface area contributed by atoms with E-state index in [1.165, 1.54) is 0 Å². The van der Waals surface area contributed by atoms with Crippen molar-refractivity contribution in [3.63, 3.8) is 0 Å². The van der Waals surface area contributed by atoms with Crippen molar-refractivity contribution in [2.24, 2.45) is 0 Å². The molecule has 1 aromatic rings. The monoisotopic (exact) mass is 337 g/mol. The molecular weight excluding hydrogens is 314 g/mol. The first-order valence-corrected chi connectivity index (χ1v) is 9.99. The number of fused-ring (bicyclic) bond motifs is 1. The van der Waals surface area contributed by atoms with Gasteiger partial charge in [-0.2, -0.15) is 0 Å². The first-order valence-electron chi connectivity index (χ1n) is 8.27. The quantitative estimate of drug-likeness (QED) is 0.860. The highest BCUT2D eigenvalue weighted by atomic mass is 32.2. The summed E-state index contributed by atoms with van der Waals surface area (Å²) in [6.07, 6.45) is 4.21. The number of hydrogen-bond acceptors (Lipinski definition) is 4. The summed E-state index contributed by atoms with van der Waals surface area (Å²) in [7, 11) is -3.13. The van der Waals surface area contributed by atoms with Crippen LogP contribution < -0.4 is 10.1 Å². The highest BCUT2D eigenvalue weighted by Gasteiger charge is 2.29. The van der Waals surface area contributed by atoms with Gasteiger partial charge in [-0.1, -0.05) is 31.0 Å². The van der Waals surface area contributed by atoms with Crippen LogP contribution in [-0.4, -0.2) is 38.0 Å². The average Bonchev–Trinajstić information content (AvgIpc) is 3.20. The van der Waals surface area contributed by atoms with Crippen LogP contribution >= 0.6 is 0 Å². The standard InChI is InChI=1S/C17H23NO4S/c19-17(9-10-23(20,21)15-6-2-3-7-15)18-12-14-11-13-5-1-4-8-16(13)22-14/h1,4-5,8,14-15H,2-3,6-7,9-12H2,(H,18,19)/t14-/m1/s1. The summed E-state index contributed by atoms with van der Waals surface area (Å²) in [6, 6.07) is 7.83. The normalized spacial score (nSPS) is 21.0. The van der Waals surface area contributed by atoms with Gasteiger partial charge in [0.25, 0.3) is 0 Å². The number of amides is 1. The lowest BCUT2D eigenvalue weighted by atomic mass is 10.1. The van der Waals surface area contributed by atoms with Crippen molar-refractivity contribution >= 4 is 15.7 Å². The van der Waals surface area contributed by atoms with Crippen LogP contribution in [0.4, 0.5) is 0 Å². The molecule has 1 N–H and O–H groups in total. The summed E-state index contributed by atoms with van der Waals surface area (Å²) in [5, 5.41) is 2.56. The lowest BCUT2D eigenvalue weighted by Crippen LogP contribution is -2.35. The van der Waals surface area contributed by atoms with Crippen LogP contribution in [0.2, 0.25) is 0 Å². The molecule has 1 atom stereocenters. The van der Waals surface area contributed by atoms with E-state index in [1.54, 1.807) is 0 Å². The summed E-state index contributed by atoms with van der Waals surface area (Å²) in [5.41, 5.74) is 1.15.